The Balaban J connectivity index is 1.45. The maximum atomic E-state index is 13.3. The largest absolute Gasteiger partial charge is 0.419 e. The van der Waals surface area contributed by atoms with Gasteiger partial charge in [0, 0.05) is 25.4 Å². The number of sulfonamides is 1. The van der Waals surface area contributed by atoms with Crippen molar-refractivity contribution in [3.8, 4) is 11.1 Å². The summed E-state index contributed by atoms with van der Waals surface area (Å²) in [5.74, 6) is -0.612. The maximum absolute atomic E-state index is 13.3. The molecule has 1 saturated carbocycles. The molecule has 0 aliphatic heterocycles. The minimum absolute atomic E-state index is 0.0282. The molecule has 4 N–H and O–H groups in total. The number of rotatable bonds is 7. The lowest BCUT2D eigenvalue weighted by Crippen LogP contribution is -2.37. The predicted molar refractivity (Wildman–Crippen MR) is 129 cm³/mol. The van der Waals surface area contributed by atoms with Crippen molar-refractivity contribution in [3.05, 3.63) is 77.5 Å². The van der Waals surface area contributed by atoms with Crippen LogP contribution in [0, 0.1) is 0 Å². The van der Waals surface area contributed by atoms with Crippen LogP contribution in [0.1, 0.15) is 29.5 Å². The average molecular weight is 519 g/mol. The van der Waals surface area contributed by atoms with E-state index < -0.39 is 33.0 Å². The number of hydrogen-bond donors (Lipinski definition) is 2. The van der Waals surface area contributed by atoms with E-state index >= 15 is 0 Å². The van der Waals surface area contributed by atoms with Gasteiger partial charge in [0.2, 0.25) is 15.9 Å². The Morgan fingerprint density at radius 1 is 1.06 bits per heavy atom. The summed E-state index contributed by atoms with van der Waals surface area (Å²) >= 11 is 0. The number of carbonyl (C=O) groups is 1. The molecule has 1 aromatic heterocycles. The first-order valence-corrected chi connectivity index (χ1v) is 12.7. The highest BCUT2D eigenvalue weighted by Gasteiger charge is 2.52. The number of likely N-dealkylation sites (N-methyl/N-ethyl adjacent to an activating group) is 1. The van der Waals surface area contributed by atoms with E-state index in [1.165, 1.54) is 18.3 Å². The van der Waals surface area contributed by atoms with Gasteiger partial charge in [-0.3, -0.25) is 4.79 Å². The van der Waals surface area contributed by atoms with E-state index in [1.54, 1.807) is 48.3 Å². The molecule has 0 spiro atoms. The number of alkyl halides is 3. The first-order chi connectivity index (χ1) is 16.8. The summed E-state index contributed by atoms with van der Waals surface area (Å²) in [4.78, 5) is 18.6. The van der Waals surface area contributed by atoms with E-state index in [1.807, 2.05) is 0 Å². The van der Waals surface area contributed by atoms with Crippen LogP contribution in [0.5, 0.6) is 0 Å². The quantitative estimate of drug-likeness (QED) is 0.494. The number of aromatic nitrogens is 1. The van der Waals surface area contributed by atoms with Crippen LogP contribution < -0.4 is 10.9 Å². The van der Waals surface area contributed by atoms with Crippen molar-refractivity contribution in [2.24, 2.45) is 5.14 Å². The van der Waals surface area contributed by atoms with Gasteiger partial charge in [-0.15, -0.1) is 0 Å². The van der Waals surface area contributed by atoms with Gasteiger partial charge in [0.15, 0.2) is 0 Å². The summed E-state index contributed by atoms with van der Waals surface area (Å²) in [6, 6.07) is 14.1. The number of nitrogens with zero attached hydrogens (tertiary/aromatic N) is 2. The summed E-state index contributed by atoms with van der Waals surface area (Å²) in [5, 5.41) is 5.12. The molecular formula is C25H25F3N4O3S. The smallest absolute Gasteiger partial charge is 0.383 e. The second-order valence-corrected chi connectivity index (χ2v) is 10.5. The molecule has 7 nitrogen and oxygen atoms in total. The van der Waals surface area contributed by atoms with Gasteiger partial charge in [-0.1, -0.05) is 36.4 Å². The fourth-order valence-corrected chi connectivity index (χ4v) is 4.72. The summed E-state index contributed by atoms with van der Waals surface area (Å²) in [6.45, 7) is 0.435. The van der Waals surface area contributed by atoms with Gasteiger partial charge >= 0.3 is 6.18 Å². The lowest BCUT2D eigenvalue weighted by atomic mass is 9.92. The maximum Gasteiger partial charge on any atom is 0.419 e. The fraction of sp³-hybridized carbons (Fsp3) is 0.280. The van der Waals surface area contributed by atoms with Gasteiger partial charge in [0.1, 0.15) is 5.82 Å². The van der Waals surface area contributed by atoms with Crippen LogP contribution in [0.3, 0.4) is 0 Å². The Kier molecular flexibility index (Phi) is 6.56. The Hall–Kier alpha value is -3.44. The summed E-state index contributed by atoms with van der Waals surface area (Å²) in [7, 11) is -2.04. The van der Waals surface area contributed by atoms with Gasteiger partial charge in [0.05, 0.1) is 15.9 Å². The molecule has 3 aromatic rings. The lowest BCUT2D eigenvalue weighted by molar-refractivity contribution is -0.137. The normalized spacial score (nSPS) is 14.9. The predicted octanol–water partition coefficient (Wildman–Crippen LogP) is 3.73. The van der Waals surface area contributed by atoms with E-state index in [0.29, 0.717) is 31.4 Å². The molecule has 36 heavy (non-hydrogen) atoms. The second kappa shape index (κ2) is 9.21. The van der Waals surface area contributed by atoms with Crippen molar-refractivity contribution in [1.82, 2.24) is 9.88 Å². The molecule has 1 fully saturated rings. The fourth-order valence-electron chi connectivity index (χ4n) is 4.20. The van der Waals surface area contributed by atoms with Crippen molar-refractivity contribution >= 4 is 21.7 Å². The monoisotopic (exact) mass is 518 g/mol. The number of benzene rings is 2. The number of nitrogens with two attached hydrogens (primary N) is 2. The van der Waals surface area contributed by atoms with Gasteiger partial charge in [-0.05, 0) is 54.2 Å². The molecule has 190 valence electrons. The van der Waals surface area contributed by atoms with Crippen molar-refractivity contribution in [3.63, 3.8) is 0 Å². The molecule has 0 atom stereocenters. The zero-order valence-electron chi connectivity index (χ0n) is 19.4. The number of halogens is 3. The Bertz CT molecular complexity index is 1390. The van der Waals surface area contributed by atoms with Crippen LogP contribution in [0.4, 0.5) is 19.0 Å². The van der Waals surface area contributed by atoms with E-state index in [2.05, 4.69) is 4.98 Å². The van der Waals surface area contributed by atoms with E-state index in [9.17, 15) is 26.4 Å². The zero-order chi connectivity index (χ0) is 26.3. The summed E-state index contributed by atoms with van der Waals surface area (Å²) < 4.78 is 62.3. The van der Waals surface area contributed by atoms with Crippen LogP contribution in [0.15, 0.2) is 65.7 Å². The van der Waals surface area contributed by atoms with E-state index in [-0.39, 0.29) is 16.4 Å². The van der Waals surface area contributed by atoms with Crippen LogP contribution in [-0.4, -0.2) is 37.8 Å². The molecule has 0 saturated heterocycles. The van der Waals surface area contributed by atoms with Crippen molar-refractivity contribution in [2.75, 3.05) is 19.3 Å². The topological polar surface area (TPSA) is 119 Å². The SMILES string of the molecule is CN(CCc1ccc(S(N)(=O)=O)cc1)C(=O)C1(c2ccc(-c3cnc(N)c(C(F)(F)F)c3)cc2)CC1. The van der Waals surface area contributed by atoms with Crippen LogP contribution in [0.25, 0.3) is 11.1 Å². The van der Waals surface area contributed by atoms with E-state index in [4.69, 9.17) is 10.9 Å². The number of hydrogen-bond acceptors (Lipinski definition) is 5. The summed E-state index contributed by atoms with van der Waals surface area (Å²) in [6.07, 6.45) is -1.42. The number of nitrogen functional groups attached to an aromatic ring is 1. The highest BCUT2D eigenvalue weighted by Crippen LogP contribution is 2.50. The number of carbonyl (C=O) groups excluding carboxylic acids is 1. The Labute approximate surface area is 207 Å². The standard InChI is InChI=1S/C25H25F3N4O3S/c1-32(13-10-16-2-8-20(9-3-16)36(30,34)35)23(33)24(11-12-24)19-6-4-17(5-7-19)18-14-21(25(26,27)28)22(29)31-15-18/h2-9,14-15H,10-13H2,1H3,(H2,29,31)(H2,30,34,35). The Morgan fingerprint density at radius 2 is 1.67 bits per heavy atom. The molecule has 1 amide bonds. The number of primary sulfonamides is 1. The van der Waals surface area contributed by atoms with Crippen molar-refractivity contribution < 1.29 is 26.4 Å². The highest BCUT2D eigenvalue weighted by atomic mass is 32.2. The third kappa shape index (κ3) is 5.21. The van der Waals surface area contributed by atoms with Gasteiger partial charge in [-0.25, -0.2) is 18.5 Å². The second-order valence-electron chi connectivity index (χ2n) is 8.98. The third-order valence-electron chi connectivity index (χ3n) is 6.49. The summed E-state index contributed by atoms with van der Waals surface area (Å²) in [5.41, 5.74) is 6.24. The van der Waals surface area contributed by atoms with E-state index in [0.717, 1.165) is 17.2 Å². The molecule has 2 aromatic carbocycles. The van der Waals surface area contributed by atoms with Crippen LogP contribution in [0.2, 0.25) is 0 Å². The Morgan fingerprint density at radius 3 is 2.19 bits per heavy atom. The molecule has 1 aliphatic rings. The third-order valence-corrected chi connectivity index (χ3v) is 7.42. The average Bonchev–Trinajstić information content (AvgIpc) is 3.63. The first kappa shape index (κ1) is 25.6. The number of amides is 1. The number of anilines is 1. The molecule has 1 aliphatic carbocycles. The van der Waals surface area contributed by atoms with Gasteiger partial charge in [-0.2, -0.15) is 13.2 Å². The zero-order valence-corrected chi connectivity index (χ0v) is 20.2. The van der Waals surface area contributed by atoms with Crippen LogP contribution >= 0.6 is 0 Å². The molecule has 1 heterocycles. The molecule has 4 rings (SSSR count). The molecule has 11 heteroatoms. The van der Waals surface area contributed by atoms with Gasteiger partial charge < -0.3 is 10.6 Å². The van der Waals surface area contributed by atoms with Gasteiger partial charge in [0.25, 0.3) is 0 Å². The first-order valence-electron chi connectivity index (χ1n) is 11.1. The van der Waals surface area contributed by atoms with Crippen molar-refractivity contribution in [2.45, 2.75) is 35.7 Å². The molecule has 0 radical (unpaired) electrons. The molecule has 0 unspecified atom stereocenters. The van der Waals surface area contributed by atoms with Crippen molar-refractivity contribution in [1.29, 1.82) is 0 Å². The molecule has 0 bridgehead atoms. The lowest BCUT2D eigenvalue weighted by Gasteiger charge is -2.24. The molecular weight excluding hydrogens is 493 g/mol. The minimum atomic E-state index is -4.60. The highest BCUT2D eigenvalue weighted by molar-refractivity contribution is 7.89. The number of pyridine rings is 1. The van der Waals surface area contributed by atoms with Crippen LogP contribution in [-0.2, 0) is 32.8 Å². The minimum Gasteiger partial charge on any atom is -0.383 e.